The van der Waals surface area contributed by atoms with Crippen molar-refractivity contribution in [3.05, 3.63) is 53.1 Å². The van der Waals surface area contributed by atoms with E-state index in [0.717, 1.165) is 12.1 Å². The van der Waals surface area contributed by atoms with Crippen LogP contribution in [0.5, 0.6) is 11.5 Å². The van der Waals surface area contributed by atoms with Crippen molar-refractivity contribution in [1.29, 1.82) is 0 Å². The lowest BCUT2D eigenvalue weighted by atomic mass is 10.0. The number of aliphatic hydroxyl groups excluding tert-OH is 1. The number of aliphatic hydroxyl groups is 1. The van der Waals surface area contributed by atoms with Gasteiger partial charge in [-0.15, -0.1) is 13.2 Å². The Morgan fingerprint density at radius 2 is 1.94 bits per heavy atom. The number of carbonyl (C=O) groups excluding carboxylic acids is 1. The molecular weight excluding hydrogens is 505 g/mol. The lowest BCUT2D eigenvalue weighted by Gasteiger charge is -2.19. The van der Waals surface area contributed by atoms with Crippen LogP contribution in [-0.2, 0) is 4.74 Å². The van der Waals surface area contributed by atoms with E-state index < -0.39 is 78.5 Å². The molecule has 1 aliphatic carbocycles. The summed E-state index contributed by atoms with van der Waals surface area (Å²) in [7, 11) is 1.35. The van der Waals surface area contributed by atoms with Crippen LogP contribution >= 0.6 is 0 Å². The third-order valence-corrected chi connectivity index (χ3v) is 5.14. The highest BCUT2D eigenvalue weighted by atomic mass is 19.4. The zero-order chi connectivity index (χ0) is 26.6. The summed E-state index contributed by atoms with van der Waals surface area (Å²) in [5.41, 5.74) is -1.21. The molecule has 1 aromatic heterocycles. The second-order valence-electron chi connectivity index (χ2n) is 7.67. The van der Waals surface area contributed by atoms with Gasteiger partial charge in [0.1, 0.15) is 11.6 Å². The van der Waals surface area contributed by atoms with E-state index in [-0.39, 0.29) is 11.3 Å². The molecule has 1 heterocycles. The molecule has 0 aliphatic heterocycles. The van der Waals surface area contributed by atoms with Gasteiger partial charge in [-0.05, 0) is 36.3 Å². The van der Waals surface area contributed by atoms with Gasteiger partial charge in [0, 0.05) is 18.2 Å². The maximum atomic E-state index is 14.9. The molecule has 1 fully saturated rings. The minimum atomic E-state index is -4.98. The van der Waals surface area contributed by atoms with Crippen LogP contribution in [0.25, 0.3) is 11.9 Å². The van der Waals surface area contributed by atoms with Crippen LogP contribution in [-0.4, -0.2) is 54.3 Å². The number of aromatic nitrogens is 1. The van der Waals surface area contributed by atoms with Gasteiger partial charge in [0.25, 0.3) is 5.91 Å². The van der Waals surface area contributed by atoms with Crippen LogP contribution in [0.2, 0.25) is 0 Å². The summed E-state index contributed by atoms with van der Waals surface area (Å²) in [6.07, 6.45) is -5.40. The Morgan fingerprint density at radius 1 is 1.22 bits per heavy atom. The first-order valence-electron chi connectivity index (χ1n) is 10.2. The number of ether oxygens (including phenoxy) is 3. The van der Waals surface area contributed by atoms with Crippen LogP contribution < -0.4 is 14.8 Å². The van der Waals surface area contributed by atoms with Crippen molar-refractivity contribution in [2.45, 2.75) is 44.1 Å². The maximum absolute atomic E-state index is 14.9. The Hall–Kier alpha value is -3.39. The number of hydrogen-bond acceptors (Lipinski definition) is 6. The quantitative estimate of drug-likeness (QED) is 0.496. The standard InChI is InChI=1S/C22H19F7N2O5/c1-34-13-2-10(8-30-9-13)3-15(23)11-4-14(19(16(24)5-11)35-21(25)26)20(33)31-17-6-12(7-18(17)32)36-22(27,28)29/h2-5,8-9,12,17-18,21,32H,6-7H2,1H3,(H,31,33)/b15-3-/t12-,17-,18-/m0/s1. The van der Waals surface area contributed by atoms with Crippen molar-refractivity contribution >= 4 is 17.8 Å². The average molecular weight is 524 g/mol. The Bertz CT molecular complexity index is 1130. The molecule has 3 rings (SSSR count). The second-order valence-corrected chi connectivity index (χ2v) is 7.67. The predicted molar refractivity (Wildman–Crippen MR) is 110 cm³/mol. The molecule has 0 unspecified atom stereocenters. The number of amides is 1. The molecule has 0 spiro atoms. The van der Waals surface area contributed by atoms with Gasteiger partial charge in [0.15, 0.2) is 11.6 Å². The van der Waals surface area contributed by atoms with E-state index in [4.69, 9.17) is 4.74 Å². The number of halogens is 7. The number of pyridine rings is 1. The Morgan fingerprint density at radius 3 is 2.58 bits per heavy atom. The fourth-order valence-electron chi connectivity index (χ4n) is 3.62. The molecule has 2 N–H and O–H groups in total. The zero-order valence-electron chi connectivity index (χ0n) is 18.4. The first-order valence-corrected chi connectivity index (χ1v) is 10.2. The first-order chi connectivity index (χ1) is 16.9. The number of rotatable bonds is 8. The molecular formula is C22H19F7N2O5. The van der Waals surface area contributed by atoms with E-state index in [2.05, 4.69) is 19.8 Å². The number of nitrogens with one attached hydrogen (secondary N) is 1. The van der Waals surface area contributed by atoms with E-state index in [1.807, 2.05) is 0 Å². The monoisotopic (exact) mass is 524 g/mol. The summed E-state index contributed by atoms with van der Waals surface area (Å²) in [6, 6.07) is 1.34. The molecule has 2 aromatic rings. The molecule has 1 amide bonds. The molecule has 1 aliphatic rings. The Kier molecular flexibility index (Phi) is 8.40. The van der Waals surface area contributed by atoms with Crippen molar-refractivity contribution in [2.75, 3.05) is 7.11 Å². The minimum Gasteiger partial charge on any atom is -0.495 e. The zero-order valence-corrected chi connectivity index (χ0v) is 18.4. The Labute approximate surface area is 199 Å². The predicted octanol–water partition coefficient (Wildman–Crippen LogP) is 4.46. The van der Waals surface area contributed by atoms with Crippen molar-refractivity contribution in [3.8, 4) is 11.5 Å². The van der Waals surface area contributed by atoms with Gasteiger partial charge >= 0.3 is 13.0 Å². The van der Waals surface area contributed by atoms with Crippen LogP contribution in [0.4, 0.5) is 30.7 Å². The summed E-state index contributed by atoms with van der Waals surface area (Å²) < 4.78 is 105. The van der Waals surface area contributed by atoms with E-state index in [1.54, 1.807) is 0 Å². The van der Waals surface area contributed by atoms with Crippen molar-refractivity contribution in [1.82, 2.24) is 10.3 Å². The number of carbonyl (C=O) groups is 1. The first kappa shape index (κ1) is 27.2. The SMILES string of the molecule is COc1cncc(/C=C(\F)c2cc(F)c(OC(F)F)c(C(=O)N[C@H]3C[C@H](OC(F)(F)F)C[C@@H]3O)c2)c1. The molecule has 0 bridgehead atoms. The van der Waals surface area contributed by atoms with Crippen LogP contribution in [0, 0.1) is 5.82 Å². The minimum absolute atomic E-state index is 0.191. The molecule has 1 aromatic carbocycles. The third kappa shape index (κ3) is 7.07. The summed E-state index contributed by atoms with van der Waals surface area (Å²) in [5, 5.41) is 12.1. The van der Waals surface area contributed by atoms with Crippen molar-refractivity contribution < 1.29 is 54.8 Å². The molecule has 196 valence electrons. The molecule has 36 heavy (non-hydrogen) atoms. The maximum Gasteiger partial charge on any atom is 0.522 e. The lowest BCUT2D eigenvalue weighted by molar-refractivity contribution is -0.342. The van der Waals surface area contributed by atoms with Gasteiger partial charge in [-0.1, -0.05) is 0 Å². The van der Waals surface area contributed by atoms with Crippen molar-refractivity contribution in [3.63, 3.8) is 0 Å². The number of methoxy groups -OCH3 is 1. The smallest absolute Gasteiger partial charge is 0.495 e. The van der Waals surface area contributed by atoms with Crippen molar-refractivity contribution in [2.24, 2.45) is 0 Å². The number of nitrogens with zero attached hydrogens (tertiary/aromatic N) is 1. The van der Waals surface area contributed by atoms with Crippen LogP contribution in [0.15, 0.2) is 30.6 Å². The summed E-state index contributed by atoms with van der Waals surface area (Å²) in [4.78, 5) is 16.6. The van der Waals surface area contributed by atoms with Gasteiger partial charge < -0.3 is 19.9 Å². The Balaban J connectivity index is 1.90. The highest BCUT2D eigenvalue weighted by Crippen LogP contribution is 2.33. The van der Waals surface area contributed by atoms with E-state index in [1.165, 1.54) is 25.6 Å². The van der Waals surface area contributed by atoms with E-state index in [0.29, 0.717) is 6.07 Å². The lowest BCUT2D eigenvalue weighted by Crippen LogP contribution is -2.40. The fourth-order valence-corrected chi connectivity index (χ4v) is 3.62. The van der Waals surface area contributed by atoms with Gasteiger partial charge in [-0.25, -0.2) is 8.78 Å². The summed E-state index contributed by atoms with van der Waals surface area (Å²) >= 11 is 0. The van der Waals surface area contributed by atoms with Gasteiger partial charge in [0.05, 0.1) is 37.1 Å². The normalized spacial score (nSPS) is 20.5. The third-order valence-electron chi connectivity index (χ3n) is 5.14. The highest BCUT2D eigenvalue weighted by molar-refractivity contribution is 5.98. The van der Waals surface area contributed by atoms with Gasteiger partial charge in [-0.2, -0.15) is 8.78 Å². The van der Waals surface area contributed by atoms with Gasteiger partial charge in [-0.3, -0.25) is 14.5 Å². The van der Waals surface area contributed by atoms with Crippen LogP contribution in [0.1, 0.15) is 34.3 Å². The average Bonchev–Trinajstić information content (AvgIpc) is 3.11. The van der Waals surface area contributed by atoms with Crippen LogP contribution in [0.3, 0.4) is 0 Å². The molecule has 3 atom stereocenters. The highest BCUT2D eigenvalue weighted by Gasteiger charge is 2.42. The molecule has 14 heteroatoms. The summed E-state index contributed by atoms with van der Waals surface area (Å²) in [5.74, 6) is -4.81. The van der Waals surface area contributed by atoms with Gasteiger partial charge in [0.2, 0.25) is 0 Å². The number of benzene rings is 1. The number of alkyl halides is 5. The summed E-state index contributed by atoms with van der Waals surface area (Å²) in [6.45, 7) is -3.55. The molecule has 1 saturated carbocycles. The second kappa shape index (κ2) is 11.1. The largest absolute Gasteiger partial charge is 0.522 e. The molecule has 0 saturated heterocycles. The topological polar surface area (TPSA) is 89.9 Å². The molecule has 0 radical (unpaired) electrons. The van der Waals surface area contributed by atoms with E-state index >= 15 is 0 Å². The van der Waals surface area contributed by atoms with E-state index in [9.17, 15) is 40.6 Å². The molecule has 7 nitrogen and oxygen atoms in total. The number of hydrogen-bond donors (Lipinski definition) is 2. The fraction of sp³-hybridized carbons (Fsp3) is 0.364.